The fourth-order valence-corrected chi connectivity index (χ4v) is 3.88. The molecule has 2 aliphatic rings. The number of hydrogen-bond donors (Lipinski definition) is 1. The molecule has 2 heterocycles. The number of nitrogens with zero attached hydrogens (tertiary/aromatic N) is 1. The van der Waals surface area contributed by atoms with Gasteiger partial charge in [-0.05, 0) is 56.2 Å². The monoisotopic (exact) mass is 228 g/mol. The molecule has 0 saturated carbocycles. The second kappa shape index (κ2) is 6.12. The Morgan fingerprint density at radius 3 is 2.47 bits per heavy atom. The first-order valence-corrected chi connectivity index (χ1v) is 7.57. The molecule has 0 spiro atoms. The third-order valence-electron chi connectivity index (χ3n) is 3.79. The van der Waals surface area contributed by atoms with E-state index in [4.69, 9.17) is 5.73 Å². The van der Waals surface area contributed by atoms with E-state index in [2.05, 4.69) is 16.7 Å². The van der Waals surface area contributed by atoms with Crippen LogP contribution in [0.4, 0.5) is 0 Å². The van der Waals surface area contributed by atoms with E-state index in [0.717, 1.165) is 12.5 Å². The molecule has 0 aromatic carbocycles. The average Bonchev–Trinajstić information content (AvgIpc) is 2.31. The van der Waals surface area contributed by atoms with E-state index in [9.17, 15) is 0 Å². The largest absolute Gasteiger partial charge is 0.326 e. The van der Waals surface area contributed by atoms with Crippen LogP contribution in [-0.4, -0.2) is 42.1 Å². The van der Waals surface area contributed by atoms with Crippen molar-refractivity contribution in [1.82, 2.24) is 4.90 Å². The van der Waals surface area contributed by atoms with Crippen LogP contribution in [0.3, 0.4) is 0 Å². The number of hydrogen-bond acceptors (Lipinski definition) is 3. The Labute approximate surface area is 98.0 Å². The zero-order valence-corrected chi connectivity index (χ0v) is 10.5. The SMILES string of the molecule is NC(CN1CCCCC1)C1CCSCC1. The lowest BCUT2D eigenvalue weighted by molar-refractivity contribution is 0.193. The highest BCUT2D eigenvalue weighted by Crippen LogP contribution is 2.25. The summed E-state index contributed by atoms with van der Waals surface area (Å²) < 4.78 is 0. The summed E-state index contributed by atoms with van der Waals surface area (Å²) in [5.41, 5.74) is 6.33. The zero-order valence-electron chi connectivity index (χ0n) is 9.66. The van der Waals surface area contributed by atoms with Crippen LogP contribution in [0.15, 0.2) is 0 Å². The van der Waals surface area contributed by atoms with Crippen molar-refractivity contribution in [2.45, 2.75) is 38.1 Å². The number of thioether (sulfide) groups is 1. The van der Waals surface area contributed by atoms with E-state index in [1.54, 1.807) is 0 Å². The van der Waals surface area contributed by atoms with Crippen LogP contribution in [0.25, 0.3) is 0 Å². The molecule has 1 unspecified atom stereocenters. The highest BCUT2D eigenvalue weighted by Gasteiger charge is 2.23. The van der Waals surface area contributed by atoms with Crippen molar-refractivity contribution >= 4 is 11.8 Å². The molecule has 2 aliphatic heterocycles. The number of piperidine rings is 1. The van der Waals surface area contributed by atoms with Gasteiger partial charge in [0, 0.05) is 12.6 Å². The fourth-order valence-electron chi connectivity index (χ4n) is 2.73. The van der Waals surface area contributed by atoms with E-state index in [1.807, 2.05) is 0 Å². The molecule has 0 aromatic heterocycles. The van der Waals surface area contributed by atoms with Gasteiger partial charge in [0.2, 0.25) is 0 Å². The molecule has 2 nitrogen and oxygen atoms in total. The lowest BCUT2D eigenvalue weighted by atomic mass is 9.93. The molecule has 88 valence electrons. The molecule has 0 bridgehead atoms. The summed E-state index contributed by atoms with van der Waals surface area (Å²) in [6, 6.07) is 0.434. The minimum absolute atomic E-state index is 0.434. The maximum atomic E-state index is 6.33. The van der Waals surface area contributed by atoms with Crippen molar-refractivity contribution in [3.8, 4) is 0 Å². The normalized spacial score (nSPS) is 27.8. The van der Waals surface area contributed by atoms with Crippen molar-refractivity contribution in [1.29, 1.82) is 0 Å². The second-order valence-electron chi connectivity index (χ2n) is 4.97. The van der Waals surface area contributed by atoms with Gasteiger partial charge in [-0.1, -0.05) is 6.42 Å². The van der Waals surface area contributed by atoms with Crippen molar-refractivity contribution in [2.75, 3.05) is 31.1 Å². The summed E-state index contributed by atoms with van der Waals surface area (Å²) in [6.45, 7) is 3.72. The van der Waals surface area contributed by atoms with E-state index in [-0.39, 0.29) is 0 Å². The average molecular weight is 228 g/mol. The van der Waals surface area contributed by atoms with Crippen molar-refractivity contribution in [3.63, 3.8) is 0 Å². The third-order valence-corrected chi connectivity index (χ3v) is 4.84. The Hall–Kier alpha value is 0.270. The second-order valence-corrected chi connectivity index (χ2v) is 6.20. The molecule has 15 heavy (non-hydrogen) atoms. The predicted octanol–water partition coefficient (Wildman–Crippen LogP) is 1.94. The molecular weight excluding hydrogens is 204 g/mol. The molecule has 2 saturated heterocycles. The van der Waals surface area contributed by atoms with Gasteiger partial charge in [0.05, 0.1) is 0 Å². The van der Waals surface area contributed by atoms with Crippen molar-refractivity contribution in [3.05, 3.63) is 0 Å². The van der Waals surface area contributed by atoms with Gasteiger partial charge < -0.3 is 10.6 Å². The summed E-state index contributed by atoms with van der Waals surface area (Å²) in [5, 5.41) is 0. The van der Waals surface area contributed by atoms with Crippen LogP contribution in [-0.2, 0) is 0 Å². The minimum Gasteiger partial charge on any atom is -0.326 e. The highest BCUT2D eigenvalue weighted by molar-refractivity contribution is 7.99. The Kier molecular flexibility index (Phi) is 4.79. The first kappa shape index (κ1) is 11.7. The fraction of sp³-hybridized carbons (Fsp3) is 1.00. The molecule has 0 amide bonds. The summed E-state index contributed by atoms with van der Waals surface area (Å²) >= 11 is 2.09. The molecule has 1 atom stereocenters. The van der Waals surface area contributed by atoms with Gasteiger partial charge in [0.1, 0.15) is 0 Å². The van der Waals surface area contributed by atoms with Gasteiger partial charge in [-0.15, -0.1) is 0 Å². The summed E-state index contributed by atoms with van der Waals surface area (Å²) in [4.78, 5) is 2.58. The number of likely N-dealkylation sites (tertiary alicyclic amines) is 1. The van der Waals surface area contributed by atoms with Gasteiger partial charge in [0.25, 0.3) is 0 Å². The van der Waals surface area contributed by atoms with Gasteiger partial charge in [-0.2, -0.15) is 11.8 Å². The van der Waals surface area contributed by atoms with Gasteiger partial charge in [-0.3, -0.25) is 0 Å². The predicted molar refractivity (Wildman–Crippen MR) is 68.3 cm³/mol. The molecule has 2 fully saturated rings. The third kappa shape index (κ3) is 3.65. The molecule has 0 radical (unpaired) electrons. The summed E-state index contributed by atoms with van der Waals surface area (Å²) in [7, 11) is 0. The molecular formula is C12H24N2S. The maximum Gasteiger partial charge on any atom is 0.0197 e. The Balaban J connectivity index is 1.72. The van der Waals surface area contributed by atoms with E-state index in [1.165, 1.54) is 56.7 Å². The minimum atomic E-state index is 0.434. The topological polar surface area (TPSA) is 29.3 Å². The quantitative estimate of drug-likeness (QED) is 0.800. The number of nitrogens with two attached hydrogens (primary N) is 1. The van der Waals surface area contributed by atoms with Crippen LogP contribution in [0, 0.1) is 5.92 Å². The Morgan fingerprint density at radius 2 is 1.80 bits per heavy atom. The standard InChI is InChI=1S/C12H24N2S/c13-12(11-4-8-15-9-5-11)10-14-6-2-1-3-7-14/h11-12H,1-10,13H2. The van der Waals surface area contributed by atoms with Gasteiger partial charge in [0.15, 0.2) is 0 Å². The summed E-state index contributed by atoms with van der Waals surface area (Å²) in [6.07, 6.45) is 6.88. The lowest BCUT2D eigenvalue weighted by Crippen LogP contribution is -2.45. The Morgan fingerprint density at radius 1 is 1.13 bits per heavy atom. The van der Waals surface area contributed by atoms with Crippen molar-refractivity contribution < 1.29 is 0 Å². The molecule has 0 aromatic rings. The zero-order chi connectivity index (χ0) is 10.5. The smallest absolute Gasteiger partial charge is 0.0197 e. The molecule has 0 aliphatic carbocycles. The van der Waals surface area contributed by atoms with E-state index in [0.29, 0.717) is 6.04 Å². The van der Waals surface area contributed by atoms with Crippen LogP contribution >= 0.6 is 11.8 Å². The van der Waals surface area contributed by atoms with Crippen LogP contribution in [0.1, 0.15) is 32.1 Å². The molecule has 2 N–H and O–H groups in total. The molecule has 3 heteroatoms. The first-order chi connectivity index (χ1) is 7.36. The van der Waals surface area contributed by atoms with E-state index < -0.39 is 0 Å². The van der Waals surface area contributed by atoms with E-state index >= 15 is 0 Å². The lowest BCUT2D eigenvalue weighted by Gasteiger charge is -2.33. The Bertz CT molecular complexity index is 174. The number of rotatable bonds is 3. The highest BCUT2D eigenvalue weighted by atomic mass is 32.2. The van der Waals surface area contributed by atoms with Crippen molar-refractivity contribution in [2.24, 2.45) is 11.7 Å². The molecule has 2 rings (SSSR count). The maximum absolute atomic E-state index is 6.33. The summed E-state index contributed by atoms with van der Waals surface area (Å²) in [5.74, 6) is 3.46. The van der Waals surface area contributed by atoms with Gasteiger partial charge in [-0.25, -0.2) is 0 Å². The first-order valence-electron chi connectivity index (χ1n) is 6.42. The van der Waals surface area contributed by atoms with Crippen LogP contribution < -0.4 is 5.73 Å². The van der Waals surface area contributed by atoms with Crippen LogP contribution in [0.5, 0.6) is 0 Å². The van der Waals surface area contributed by atoms with Gasteiger partial charge >= 0.3 is 0 Å². The van der Waals surface area contributed by atoms with Crippen LogP contribution in [0.2, 0.25) is 0 Å².